The summed E-state index contributed by atoms with van der Waals surface area (Å²) in [5.41, 5.74) is 11.4. The highest BCUT2D eigenvalue weighted by Gasteiger charge is 2.19. The first-order valence-corrected chi connectivity index (χ1v) is 12.1. The van der Waals surface area contributed by atoms with Crippen molar-refractivity contribution in [2.24, 2.45) is 5.73 Å². The molecule has 3 N–H and O–H groups in total. The average Bonchev–Trinajstić information content (AvgIpc) is 3.16. The Morgan fingerprint density at radius 3 is 2.44 bits per heavy atom. The highest BCUT2D eigenvalue weighted by atomic mass is 16.1. The fourth-order valence-electron chi connectivity index (χ4n) is 4.91. The van der Waals surface area contributed by atoms with Gasteiger partial charge in [-0.1, -0.05) is 0 Å². The molecule has 9 nitrogen and oxygen atoms in total. The maximum absolute atomic E-state index is 12.7. The molecule has 1 saturated heterocycles. The van der Waals surface area contributed by atoms with Gasteiger partial charge in [-0.3, -0.25) is 9.59 Å². The Morgan fingerprint density at radius 2 is 1.81 bits per heavy atom. The molecule has 3 aromatic heterocycles. The molecule has 1 aliphatic rings. The minimum atomic E-state index is -0.544. The predicted octanol–water partition coefficient (Wildman–Crippen LogP) is 2.61. The highest BCUT2D eigenvalue weighted by molar-refractivity contribution is 6.06. The van der Waals surface area contributed by atoms with Crippen LogP contribution in [0.25, 0.3) is 22.2 Å². The lowest BCUT2D eigenvalue weighted by atomic mass is 10.0. The number of likely N-dealkylation sites (N-methyl/N-ethyl adjacent to an activating group) is 1. The quantitative estimate of drug-likeness (QED) is 0.449. The standard InChI is InChI=1S/C27H31N7O2/c1-16-11-17(2)30-27(36)22(16)15-34-18(3)31-25-21(26(28)35)12-20(13-23(25)34)19-5-6-24(29-14-19)33-9-7-32(4)8-10-33/h5-6,11-14H,7-10,15H2,1-4H3,(H2,28,35)(H,30,36). The van der Waals surface area contributed by atoms with Crippen molar-refractivity contribution < 1.29 is 4.79 Å². The van der Waals surface area contributed by atoms with E-state index in [4.69, 9.17) is 10.7 Å². The van der Waals surface area contributed by atoms with Gasteiger partial charge in [0.25, 0.3) is 11.5 Å². The Morgan fingerprint density at radius 1 is 1.06 bits per heavy atom. The SMILES string of the molecule is Cc1cc(C)c(Cn2c(C)nc3c(C(N)=O)cc(-c4ccc(N5CCN(C)CC5)nc4)cc32)c(=O)[nH]1. The van der Waals surface area contributed by atoms with E-state index in [2.05, 4.69) is 26.8 Å². The smallest absolute Gasteiger partial charge is 0.253 e. The van der Waals surface area contributed by atoms with Crippen LogP contribution in [0.2, 0.25) is 0 Å². The Bertz CT molecular complexity index is 1510. The van der Waals surface area contributed by atoms with Crippen LogP contribution in [-0.4, -0.2) is 63.6 Å². The summed E-state index contributed by atoms with van der Waals surface area (Å²) in [7, 11) is 2.13. The Hall–Kier alpha value is -3.98. The number of anilines is 1. The van der Waals surface area contributed by atoms with E-state index >= 15 is 0 Å². The number of primary amides is 1. The summed E-state index contributed by atoms with van der Waals surface area (Å²) in [4.78, 5) is 41.9. The van der Waals surface area contributed by atoms with Crippen LogP contribution >= 0.6 is 0 Å². The van der Waals surface area contributed by atoms with Crippen molar-refractivity contribution in [3.05, 3.63) is 75.1 Å². The van der Waals surface area contributed by atoms with Gasteiger partial charge in [-0.25, -0.2) is 9.97 Å². The number of nitrogens with zero attached hydrogens (tertiary/aromatic N) is 5. The molecule has 1 fully saturated rings. The molecule has 4 heterocycles. The van der Waals surface area contributed by atoms with Crippen LogP contribution in [0.5, 0.6) is 0 Å². The maximum atomic E-state index is 12.7. The molecule has 4 aromatic rings. The van der Waals surface area contributed by atoms with Crippen LogP contribution in [0, 0.1) is 20.8 Å². The molecule has 1 aliphatic heterocycles. The zero-order valence-electron chi connectivity index (χ0n) is 21.1. The second kappa shape index (κ2) is 9.23. The number of rotatable bonds is 5. The van der Waals surface area contributed by atoms with Crippen molar-refractivity contribution in [1.29, 1.82) is 0 Å². The first-order chi connectivity index (χ1) is 17.2. The molecule has 186 valence electrons. The van der Waals surface area contributed by atoms with Gasteiger partial charge in [0.1, 0.15) is 17.2 Å². The Labute approximate surface area is 209 Å². The summed E-state index contributed by atoms with van der Waals surface area (Å²) in [5.74, 6) is 1.10. The van der Waals surface area contributed by atoms with E-state index in [9.17, 15) is 9.59 Å². The molecule has 0 radical (unpaired) electrons. The number of benzene rings is 1. The number of amides is 1. The lowest BCUT2D eigenvalue weighted by Gasteiger charge is -2.33. The number of pyridine rings is 2. The lowest BCUT2D eigenvalue weighted by molar-refractivity contribution is 0.100. The summed E-state index contributed by atoms with van der Waals surface area (Å²) >= 11 is 0. The molecular formula is C27H31N7O2. The summed E-state index contributed by atoms with van der Waals surface area (Å²) in [5, 5.41) is 0. The minimum Gasteiger partial charge on any atom is -0.366 e. The molecule has 36 heavy (non-hydrogen) atoms. The molecule has 5 rings (SSSR count). The van der Waals surface area contributed by atoms with Gasteiger partial charge in [-0.05, 0) is 69.3 Å². The number of aromatic amines is 1. The zero-order chi connectivity index (χ0) is 25.6. The van der Waals surface area contributed by atoms with Gasteiger partial charge < -0.3 is 25.1 Å². The van der Waals surface area contributed by atoms with E-state index in [1.54, 1.807) is 6.07 Å². The third-order valence-corrected chi connectivity index (χ3v) is 7.03. The number of nitrogens with one attached hydrogen (secondary N) is 1. The van der Waals surface area contributed by atoms with Crippen LogP contribution in [0.1, 0.15) is 33.0 Å². The summed E-state index contributed by atoms with van der Waals surface area (Å²) in [6.45, 7) is 9.90. The van der Waals surface area contributed by atoms with E-state index in [1.165, 1.54) is 0 Å². The Kier molecular flexibility index (Phi) is 6.09. The first kappa shape index (κ1) is 23.7. The summed E-state index contributed by atoms with van der Waals surface area (Å²) in [6.07, 6.45) is 1.84. The third-order valence-electron chi connectivity index (χ3n) is 7.03. The second-order valence-electron chi connectivity index (χ2n) is 9.64. The number of piperazine rings is 1. The molecule has 1 amide bonds. The number of carbonyl (C=O) groups excluding carboxylic acids is 1. The highest BCUT2D eigenvalue weighted by Crippen LogP contribution is 2.29. The van der Waals surface area contributed by atoms with E-state index in [-0.39, 0.29) is 5.56 Å². The van der Waals surface area contributed by atoms with Gasteiger partial charge in [-0.2, -0.15) is 0 Å². The number of nitrogens with two attached hydrogens (primary N) is 1. The number of fused-ring (bicyclic) bond motifs is 1. The van der Waals surface area contributed by atoms with E-state index in [0.29, 0.717) is 29.0 Å². The lowest BCUT2D eigenvalue weighted by Crippen LogP contribution is -2.44. The number of aryl methyl sites for hydroxylation is 3. The van der Waals surface area contributed by atoms with Gasteiger partial charge in [0.2, 0.25) is 0 Å². The van der Waals surface area contributed by atoms with Gasteiger partial charge >= 0.3 is 0 Å². The molecule has 0 spiro atoms. The summed E-state index contributed by atoms with van der Waals surface area (Å²) in [6, 6.07) is 9.77. The molecule has 0 saturated carbocycles. The van der Waals surface area contributed by atoms with E-state index in [0.717, 1.165) is 59.9 Å². The van der Waals surface area contributed by atoms with Crippen molar-refractivity contribution in [3.8, 4) is 11.1 Å². The first-order valence-electron chi connectivity index (χ1n) is 12.1. The van der Waals surface area contributed by atoms with Crippen molar-refractivity contribution in [2.45, 2.75) is 27.3 Å². The van der Waals surface area contributed by atoms with Crippen molar-refractivity contribution >= 4 is 22.8 Å². The molecule has 1 aromatic carbocycles. The number of imidazole rings is 1. The Balaban J connectivity index is 1.57. The minimum absolute atomic E-state index is 0.122. The molecule has 0 unspecified atom stereocenters. The fraction of sp³-hybridized carbons (Fsp3) is 0.333. The van der Waals surface area contributed by atoms with Gasteiger partial charge in [-0.15, -0.1) is 0 Å². The second-order valence-corrected chi connectivity index (χ2v) is 9.64. The van der Waals surface area contributed by atoms with Crippen molar-refractivity contribution in [1.82, 2.24) is 24.4 Å². The monoisotopic (exact) mass is 485 g/mol. The largest absolute Gasteiger partial charge is 0.366 e. The number of aromatic nitrogens is 4. The van der Waals surface area contributed by atoms with Gasteiger partial charge in [0, 0.05) is 49.2 Å². The fourth-order valence-corrected chi connectivity index (χ4v) is 4.91. The number of H-pyrrole nitrogens is 1. The van der Waals surface area contributed by atoms with Crippen molar-refractivity contribution in [2.75, 3.05) is 38.1 Å². The number of hydrogen-bond acceptors (Lipinski definition) is 6. The predicted molar refractivity (Wildman–Crippen MR) is 142 cm³/mol. The molecule has 9 heteroatoms. The van der Waals surface area contributed by atoms with E-state index in [1.807, 2.05) is 55.8 Å². The van der Waals surface area contributed by atoms with Gasteiger partial charge in [0.05, 0.1) is 17.6 Å². The van der Waals surface area contributed by atoms with Crippen LogP contribution in [0.3, 0.4) is 0 Å². The summed E-state index contributed by atoms with van der Waals surface area (Å²) < 4.78 is 1.96. The molecule has 0 bridgehead atoms. The van der Waals surface area contributed by atoms with Crippen LogP contribution in [0.4, 0.5) is 5.82 Å². The van der Waals surface area contributed by atoms with Crippen LogP contribution < -0.4 is 16.2 Å². The molecule has 0 atom stereocenters. The van der Waals surface area contributed by atoms with Crippen LogP contribution in [0.15, 0.2) is 41.3 Å². The molecule has 0 aliphatic carbocycles. The molecular weight excluding hydrogens is 454 g/mol. The third kappa shape index (κ3) is 4.37. The normalized spacial score (nSPS) is 14.5. The zero-order valence-corrected chi connectivity index (χ0v) is 21.1. The maximum Gasteiger partial charge on any atom is 0.253 e. The number of hydrogen-bond donors (Lipinski definition) is 2. The number of carbonyl (C=O) groups is 1. The van der Waals surface area contributed by atoms with Crippen molar-refractivity contribution in [3.63, 3.8) is 0 Å². The van der Waals surface area contributed by atoms with Gasteiger partial charge in [0.15, 0.2) is 0 Å². The van der Waals surface area contributed by atoms with E-state index < -0.39 is 5.91 Å². The topological polar surface area (TPSA) is 113 Å². The van der Waals surface area contributed by atoms with Crippen LogP contribution in [-0.2, 0) is 6.54 Å². The average molecular weight is 486 g/mol.